The summed E-state index contributed by atoms with van der Waals surface area (Å²) in [5.41, 5.74) is 4.34. The van der Waals surface area contributed by atoms with Crippen LogP contribution in [-0.4, -0.2) is 30.5 Å². The van der Waals surface area contributed by atoms with E-state index in [0.717, 1.165) is 40.8 Å². The van der Waals surface area contributed by atoms with Crippen molar-refractivity contribution in [1.29, 1.82) is 0 Å². The minimum absolute atomic E-state index is 0.121. The fourth-order valence-electron chi connectivity index (χ4n) is 3.95. The van der Waals surface area contributed by atoms with Gasteiger partial charge in [-0.05, 0) is 44.4 Å². The van der Waals surface area contributed by atoms with Crippen LogP contribution >= 0.6 is 0 Å². The van der Waals surface area contributed by atoms with E-state index in [9.17, 15) is 8.42 Å². The van der Waals surface area contributed by atoms with E-state index in [1.54, 1.807) is 16.4 Å². The Labute approximate surface area is 171 Å². The smallest absolute Gasteiger partial charge is 0.243 e. The van der Waals surface area contributed by atoms with Crippen LogP contribution in [0.15, 0.2) is 76.2 Å². The van der Waals surface area contributed by atoms with Gasteiger partial charge in [0.2, 0.25) is 10.0 Å². The van der Waals surface area contributed by atoms with Crippen molar-refractivity contribution in [2.24, 2.45) is 0 Å². The first-order chi connectivity index (χ1) is 13.9. The Morgan fingerprint density at radius 2 is 1.79 bits per heavy atom. The minimum Gasteiger partial charge on any atom is -0.360 e. The molecule has 0 bridgehead atoms. The first kappa shape index (κ1) is 19.6. The molecule has 4 rings (SSSR count). The van der Waals surface area contributed by atoms with Crippen molar-refractivity contribution in [1.82, 2.24) is 9.46 Å². The third-order valence-electron chi connectivity index (χ3n) is 5.43. The van der Waals surface area contributed by atoms with Gasteiger partial charge in [-0.2, -0.15) is 4.31 Å². The van der Waals surface area contributed by atoms with Crippen molar-refractivity contribution >= 4 is 10.0 Å². The van der Waals surface area contributed by atoms with Crippen molar-refractivity contribution in [3.05, 3.63) is 72.5 Å². The van der Waals surface area contributed by atoms with E-state index in [4.69, 9.17) is 4.52 Å². The monoisotopic (exact) mass is 408 g/mol. The van der Waals surface area contributed by atoms with Crippen molar-refractivity contribution in [3.63, 3.8) is 0 Å². The predicted molar refractivity (Wildman–Crippen MR) is 114 cm³/mol. The summed E-state index contributed by atoms with van der Waals surface area (Å²) < 4.78 is 33.3. The van der Waals surface area contributed by atoms with Crippen LogP contribution in [0, 0.1) is 6.92 Å². The highest BCUT2D eigenvalue weighted by Gasteiger charge is 2.35. The summed E-state index contributed by atoms with van der Waals surface area (Å²) in [6, 6.07) is 16.7. The summed E-state index contributed by atoms with van der Waals surface area (Å²) in [6.07, 6.45) is 1.68. The zero-order valence-corrected chi connectivity index (χ0v) is 17.4. The van der Waals surface area contributed by atoms with Gasteiger partial charge in [0.25, 0.3) is 0 Å². The van der Waals surface area contributed by atoms with Crippen LogP contribution in [-0.2, 0) is 10.0 Å². The standard InChI is InChI=1S/C23H24N2O3S/c1-16(2)21-10-7-15-25(21)29(26,27)20-13-11-18(12-14-20)22-17(3)28-24-23(22)19-8-5-4-6-9-19/h4-6,8-9,11-14,21H,1,7,10,15H2,2-3H3/t21-/m1/s1. The lowest BCUT2D eigenvalue weighted by molar-refractivity contribution is 0.400. The molecule has 3 aromatic rings. The molecule has 29 heavy (non-hydrogen) atoms. The Morgan fingerprint density at radius 1 is 1.10 bits per heavy atom. The summed E-state index contributed by atoms with van der Waals surface area (Å²) in [7, 11) is -3.56. The second-order valence-electron chi connectivity index (χ2n) is 7.47. The fourth-order valence-corrected chi connectivity index (χ4v) is 5.69. The molecule has 0 aliphatic carbocycles. The zero-order valence-electron chi connectivity index (χ0n) is 16.6. The lowest BCUT2D eigenvalue weighted by Gasteiger charge is -2.24. The summed E-state index contributed by atoms with van der Waals surface area (Å²) in [6.45, 7) is 8.25. The van der Waals surface area contributed by atoms with Gasteiger partial charge in [-0.15, -0.1) is 0 Å². The van der Waals surface area contributed by atoms with E-state index in [1.807, 2.05) is 56.3 Å². The molecule has 1 saturated heterocycles. The molecule has 2 aromatic carbocycles. The van der Waals surface area contributed by atoms with Gasteiger partial charge in [0.05, 0.1) is 10.5 Å². The second-order valence-corrected chi connectivity index (χ2v) is 9.36. The highest BCUT2D eigenvalue weighted by molar-refractivity contribution is 7.89. The predicted octanol–water partition coefficient (Wildman–Crippen LogP) is 5.05. The molecule has 0 spiro atoms. The molecular formula is C23H24N2O3S. The van der Waals surface area contributed by atoms with Gasteiger partial charge in [0.15, 0.2) is 0 Å². The molecule has 5 nitrogen and oxygen atoms in total. The molecule has 150 valence electrons. The van der Waals surface area contributed by atoms with Crippen LogP contribution in [0.5, 0.6) is 0 Å². The Balaban J connectivity index is 1.70. The average Bonchev–Trinajstić information content (AvgIpc) is 3.36. The van der Waals surface area contributed by atoms with Gasteiger partial charge >= 0.3 is 0 Å². The van der Waals surface area contributed by atoms with Crippen molar-refractivity contribution in [2.45, 2.75) is 37.6 Å². The normalized spacial score (nSPS) is 17.5. The lowest BCUT2D eigenvalue weighted by atomic mass is 10.00. The fraction of sp³-hybridized carbons (Fsp3) is 0.261. The number of hydrogen-bond donors (Lipinski definition) is 0. The number of aryl methyl sites for hydroxylation is 1. The molecule has 1 aromatic heterocycles. The number of rotatable bonds is 5. The molecular weight excluding hydrogens is 384 g/mol. The third kappa shape index (κ3) is 3.54. The van der Waals surface area contributed by atoms with Crippen LogP contribution < -0.4 is 0 Å². The number of aromatic nitrogens is 1. The number of hydrogen-bond acceptors (Lipinski definition) is 4. The Kier molecular flexibility index (Phi) is 5.15. The van der Waals surface area contributed by atoms with E-state index in [1.165, 1.54) is 0 Å². The quantitative estimate of drug-likeness (QED) is 0.555. The summed E-state index contributed by atoms with van der Waals surface area (Å²) in [5, 5.41) is 4.21. The topological polar surface area (TPSA) is 63.4 Å². The summed E-state index contributed by atoms with van der Waals surface area (Å²) >= 11 is 0. The molecule has 2 heterocycles. The van der Waals surface area contributed by atoms with Gasteiger partial charge in [-0.1, -0.05) is 59.8 Å². The largest absolute Gasteiger partial charge is 0.360 e. The third-order valence-corrected chi connectivity index (χ3v) is 7.35. The van der Waals surface area contributed by atoms with E-state index in [0.29, 0.717) is 17.2 Å². The van der Waals surface area contributed by atoms with Gasteiger partial charge in [-0.3, -0.25) is 0 Å². The highest BCUT2D eigenvalue weighted by Crippen LogP contribution is 2.35. The molecule has 6 heteroatoms. The van der Waals surface area contributed by atoms with Crippen molar-refractivity contribution in [2.75, 3.05) is 6.54 Å². The molecule has 1 aliphatic rings. The van der Waals surface area contributed by atoms with E-state index >= 15 is 0 Å². The van der Waals surface area contributed by atoms with Crippen LogP contribution in [0.2, 0.25) is 0 Å². The zero-order chi connectivity index (χ0) is 20.6. The van der Waals surface area contributed by atoms with E-state index in [-0.39, 0.29) is 6.04 Å². The van der Waals surface area contributed by atoms with Gasteiger partial charge in [-0.25, -0.2) is 8.42 Å². The molecule has 0 N–H and O–H groups in total. The maximum absolute atomic E-state index is 13.2. The Hall–Kier alpha value is -2.70. The number of nitrogens with zero attached hydrogens (tertiary/aromatic N) is 2. The Bertz CT molecular complexity index is 1130. The Morgan fingerprint density at radius 3 is 2.45 bits per heavy atom. The van der Waals surface area contributed by atoms with E-state index in [2.05, 4.69) is 11.7 Å². The maximum atomic E-state index is 13.2. The molecule has 1 fully saturated rings. The minimum atomic E-state index is -3.56. The van der Waals surface area contributed by atoms with Crippen molar-refractivity contribution in [3.8, 4) is 22.4 Å². The second kappa shape index (κ2) is 7.61. The van der Waals surface area contributed by atoms with Crippen LogP contribution in [0.3, 0.4) is 0 Å². The first-order valence-electron chi connectivity index (χ1n) is 9.69. The van der Waals surface area contributed by atoms with Crippen LogP contribution in [0.1, 0.15) is 25.5 Å². The molecule has 1 atom stereocenters. The van der Waals surface area contributed by atoms with Crippen LogP contribution in [0.25, 0.3) is 22.4 Å². The number of benzene rings is 2. The van der Waals surface area contributed by atoms with Gasteiger partial charge in [0.1, 0.15) is 11.5 Å². The summed E-state index contributed by atoms with van der Waals surface area (Å²) in [4.78, 5) is 0.296. The van der Waals surface area contributed by atoms with Crippen molar-refractivity contribution < 1.29 is 12.9 Å². The SMILES string of the molecule is C=C(C)[C@H]1CCCN1S(=O)(=O)c1ccc(-c2c(-c3ccccc3)noc2C)cc1. The molecule has 1 aliphatic heterocycles. The number of sulfonamides is 1. The molecule has 0 radical (unpaired) electrons. The van der Waals surface area contributed by atoms with E-state index < -0.39 is 10.0 Å². The molecule has 0 amide bonds. The molecule has 0 unspecified atom stereocenters. The maximum Gasteiger partial charge on any atom is 0.243 e. The molecule has 0 saturated carbocycles. The highest BCUT2D eigenvalue weighted by atomic mass is 32.2. The first-order valence-corrected chi connectivity index (χ1v) is 11.1. The average molecular weight is 409 g/mol. The summed E-state index contributed by atoms with van der Waals surface area (Å²) in [5.74, 6) is 0.696. The van der Waals surface area contributed by atoms with Gasteiger partial charge in [0, 0.05) is 18.2 Å². The van der Waals surface area contributed by atoms with Gasteiger partial charge < -0.3 is 4.52 Å². The lowest BCUT2D eigenvalue weighted by Crippen LogP contribution is -2.35. The van der Waals surface area contributed by atoms with Crippen LogP contribution in [0.4, 0.5) is 0 Å².